The smallest absolute Gasteiger partial charge is 0.159 e. The molecule has 1 unspecified atom stereocenters. The van der Waals surface area contributed by atoms with E-state index in [-0.39, 0.29) is 0 Å². The quantitative estimate of drug-likeness (QED) is 0.867. The third kappa shape index (κ3) is 2.31. The predicted molar refractivity (Wildman–Crippen MR) is 61.4 cm³/mol. The largest absolute Gasteiger partial charge is 0.319 e. The van der Waals surface area contributed by atoms with Crippen molar-refractivity contribution in [3.8, 4) is 0 Å². The molecule has 0 aliphatic heterocycles. The van der Waals surface area contributed by atoms with Crippen LogP contribution in [0.4, 0.5) is 8.78 Å². The molecule has 2 aromatic rings. The number of hydrogen-bond acceptors (Lipinski definition) is 2. The van der Waals surface area contributed by atoms with Crippen molar-refractivity contribution in [3.63, 3.8) is 0 Å². The van der Waals surface area contributed by atoms with Crippen molar-refractivity contribution in [2.24, 2.45) is 5.73 Å². The molecule has 88 valence electrons. The molecule has 4 heteroatoms. The van der Waals surface area contributed by atoms with Gasteiger partial charge in [-0.05, 0) is 36.2 Å². The molecule has 0 saturated carbocycles. The average Bonchev–Trinajstić information content (AvgIpc) is 2.32. The maximum atomic E-state index is 13.1. The first kappa shape index (κ1) is 11.7. The Hall–Kier alpha value is -1.81. The van der Waals surface area contributed by atoms with Crippen LogP contribution in [0, 0.1) is 18.6 Å². The summed E-state index contributed by atoms with van der Waals surface area (Å²) in [6, 6.07) is 6.78. The van der Waals surface area contributed by atoms with Gasteiger partial charge in [0.05, 0.1) is 11.7 Å². The molecule has 0 saturated heterocycles. The zero-order valence-corrected chi connectivity index (χ0v) is 9.32. The molecule has 2 nitrogen and oxygen atoms in total. The Morgan fingerprint density at radius 1 is 1.18 bits per heavy atom. The highest BCUT2D eigenvalue weighted by Crippen LogP contribution is 2.21. The van der Waals surface area contributed by atoms with Crippen LogP contribution in [0.15, 0.2) is 36.5 Å². The first-order valence-electron chi connectivity index (χ1n) is 5.21. The lowest BCUT2D eigenvalue weighted by atomic mass is 10.0. The maximum absolute atomic E-state index is 13.1. The highest BCUT2D eigenvalue weighted by atomic mass is 19.2. The Balaban J connectivity index is 2.40. The second-order valence-electron chi connectivity index (χ2n) is 3.86. The normalized spacial score (nSPS) is 12.5. The topological polar surface area (TPSA) is 38.9 Å². The number of benzene rings is 1. The zero-order chi connectivity index (χ0) is 12.4. The molecule has 17 heavy (non-hydrogen) atoms. The fourth-order valence-electron chi connectivity index (χ4n) is 1.69. The van der Waals surface area contributed by atoms with Crippen molar-refractivity contribution >= 4 is 0 Å². The Morgan fingerprint density at radius 3 is 2.59 bits per heavy atom. The van der Waals surface area contributed by atoms with E-state index in [1.165, 1.54) is 6.07 Å². The molecular formula is C13H12F2N2. The lowest BCUT2D eigenvalue weighted by Gasteiger charge is -2.13. The Bertz CT molecular complexity index is 541. The van der Waals surface area contributed by atoms with Gasteiger partial charge in [-0.15, -0.1) is 0 Å². The van der Waals surface area contributed by atoms with Crippen LogP contribution in [0.2, 0.25) is 0 Å². The van der Waals surface area contributed by atoms with Gasteiger partial charge < -0.3 is 5.73 Å². The summed E-state index contributed by atoms with van der Waals surface area (Å²) in [6.45, 7) is 1.88. The fourth-order valence-corrected chi connectivity index (χ4v) is 1.69. The molecule has 0 radical (unpaired) electrons. The van der Waals surface area contributed by atoms with Gasteiger partial charge in [-0.2, -0.15) is 0 Å². The van der Waals surface area contributed by atoms with E-state index < -0.39 is 17.7 Å². The molecule has 0 aliphatic rings. The number of pyridine rings is 1. The van der Waals surface area contributed by atoms with Crippen molar-refractivity contribution in [3.05, 3.63) is 65.0 Å². The van der Waals surface area contributed by atoms with Crippen LogP contribution >= 0.6 is 0 Å². The standard InChI is InChI=1S/C13H12F2N2/c1-8-3-2-6-17-13(8)12(16)9-4-5-10(14)11(15)7-9/h2-7,12H,16H2,1H3. The van der Waals surface area contributed by atoms with Crippen molar-refractivity contribution < 1.29 is 8.78 Å². The van der Waals surface area contributed by atoms with Crippen molar-refractivity contribution in [2.75, 3.05) is 0 Å². The number of aryl methyl sites for hydroxylation is 1. The number of aromatic nitrogens is 1. The Labute approximate surface area is 98.1 Å². The van der Waals surface area contributed by atoms with E-state index in [0.29, 0.717) is 11.3 Å². The lowest BCUT2D eigenvalue weighted by Crippen LogP contribution is -2.15. The summed E-state index contributed by atoms with van der Waals surface area (Å²) in [7, 11) is 0. The lowest BCUT2D eigenvalue weighted by molar-refractivity contribution is 0.506. The molecule has 0 fully saturated rings. The van der Waals surface area contributed by atoms with E-state index in [2.05, 4.69) is 4.98 Å². The second-order valence-corrected chi connectivity index (χ2v) is 3.86. The maximum Gasteiger partial charge on any atom is 0.159 e. The van der Waals surface area contributed by atoms with Gasteiger partial charge in [0, 0.05) is 6.20 Å². The highest BCUT2D eigenvalue weighted by Gasteiger charge is 2.14. The van der Waals surface area contributed by atoms with E-state index in [1.54, 1.807) is 12.3 Å². The molecule has 0 spiro atoms. The van der Waals surface area contributed by atoms with Crippen LogP contribution in [0.25, 0.3) is 0 Å². The van der Waals surface area contributed by atoms with Crippen LogP contribution in [0.1, 0.15) is 22.9 Å². The summed E-state index contributed by atoms with van der Waals surface area (Å²) in [5.74, 6) is -1.77. The fraction of sp³-hybridized carbons (Fsp3) is 0.154. The van der Waals surface area contributed by atoms with Gasteiger partial charge in [-0.3, -0.25) is 4.98 Å². The molecule has 1 heterocycles. The molecule has 2 N–H and O–H groups in total. The van der Waals surface area contributed by atoms with Gasteiger partial charge in [-0.1, -0.05) is 12.1 Å². The van der Waals surface area contributed by atoms with Crippen LogP contribution in [-0.4, -0.2) is 4.98 Å². The molecular weight excluding hydrogens is 222 g/mol. The molecule has 1 atom stereocenters. The number of rotatable bonds is 2. The predicted octanol–water partition coefficient (Wildman–Crippen LogP) is 2.72. The van der Waals surface area contributed by atoms with E-state index in [1.807, 2.05) is 13.0 Å². The first-order valence-corrected chi connectivity index (χ1v) is 5.21. The van der Waals surface area contributed by atoms with Gasteiger partial charge in [-0.25, -0.2) is 8.78 Å². The van der Waals surface area contributed by atoms with Gasteiger partial charge in [0.25, 0.3) is 0 Å². The third-order valence-electron chi connectivity index (χ3n) is 2.65. The minimum Gasteiger partial charge on any atom is -0.319 e. The van der Waals surface area contributed by atoms with Gasteiger partial charge in [0.1, 0.15) is 0 Å². The second kappa shape index (κ2) is 4.59. The van der Waals surface area contributed by atoms with Gasteiger partial charge in [0.2, 0.25) is 0 Å². The van der Waals surface area contributed by atoms with Crippen molar-refractivity contribution in [1.29, 1.82) is 0 Å². The average molecular weight is 234 g/mol. The highest BCUT2D eigenvalue weighted by molar-refractivity contribution is 5.32. The van der Waals surface area contributed by atoms with Crippen molar-refractivity contribution in [1.82, 2.24) is 4.98 Å². The number of nitrogens with zero attached hydrogens (tertiary/aromatic N) is 1. The number of halogens is 2. The van der Waals surface area contributed by atoms with Crippen LogP contribution in [0.5, 0.6) is 0 Å². The summed E-state index contributed by atoms with van der Waals surface area (Å²) in [5.41, 5.74) is 8.08. The molecule has 0 amide bonds. The van der Waals surface area contributed by atoms with E-state index >= 15 is 0 Å². The summed E-state index contributed by atoms with van der Waals surface area (Å²) in [6.07, 6.45) is 1.63. The van der Waals surface area contributed by atoms with Gasteiger partial charge in [0.15, 0.2) is 11.6 Å². The summed E-state index contributed by atoms with van der Waals surface area (Å²) >= 11 is 0. The Morgan fingerprint density at radius 2 is 1.94 bits per heavy atom. The molecule has 1 aromatic carbocycles. The third-order valence-corrected chi connectivity index (χ3v) is 2.65. The van der Waals surface area contributed by atoms with E-state index in [9.17, 15) is 8.78 Å². The molecule has 2 rings (SSSR count). The SMILES string of the molecule is Cc1cccnc1C(N)c1ccc(F)c(F)c1. The summed E-state index contributed by atoms with van der Waals surface area (Å²) < 4.78 is 25.9. The van der Waals surface area contributed by atoms with E-state index in [4.69, 9.17) is 5.73 Å². The molecule has 0 aliphatic carbocycles. The summed E-state index contributed by atoms with van der Waals surface area (Å²) in [4.78, 5) is 4.17. The number of hydrogen-bond donors (Lipinski definition) is 1. The zero-order valence-electron chi connectivity index (χ0n) is 9.32. The monoisotopic (exact) mass is 234 g/mol. The van der Waals surface area contributed by atoms with Crippen LogP contribution in [0.3, 0.4) is 0 Å². The molecule has 0 bridgehead atoms. The summed E-state index contributed by atoms with van der Waals surface area (Å²) in [5, 5.41) is 0. The Kier molecular flexibility index (Phi) is 3.15. The number of nitrogens with two attached hydrogens (primary N) is 1. The molecule has 1 aromatic heterocycles. The minimum atomic E-state index is -0.897. The van der Waals surface area contributed by atoms with Gasteiger partial charge >= 0.3 is 0 Å². The van der Waals surface area contributed by atoms with Crippen LogP contribution in [-0.2, 0) is 0 Å². The minimum absolute atomic E-state index is 0.505. The van der Waals surface area contributed by atoms with E-state index in [0.717, 1.165) is 17.7 Å². The van der Waals surface area contributed by atoms with Crippen molar-refractivity contribution in [2.45, 2.75) is 13.0 Å². The first-order chi connectivity index (χ1) is 8.09. The van der Waals surface area contributed by atoms with Crippen LogP contribution < -0.4 is 5.73 Å².